The first-order valence-corrected chi connectivity index (χ1v) is 8.26. The molecule has 0 aliphatic carbocycles. The molecule has 3 atom stereocenters. The highest BCUT2D eigenvalue weighted by Gasteiger charge is 2.28. The summed E-state index contributed by atoms with van der Waals surface area (Å²) in [7, 11) is 0. The summed E-state index contributed by atoms with van der Waals surface area (Å²) in [5.74, 6) is -3.35. The molecule has 10 nitrogen and oxygen atoms in total. The number of nitrogens with two attached hydrogens (primary N) is 1. The van der Waals surface area contributed by atoms with Crippen molar-refractivity contribution in [2.24, 2.45) is 5.73 Å². The van der Waals surface area contributed by atoms with Crippen LogP contribution < -0.4 is 21.7 Å². The summed E-state index contributed by atoms with van der Waals surface area (Å²) in [6.07, 6.45) is 0.0910. The van der Waals surface area contributed by atoms with Gasteiger partial charge in [0.2, 0.25) is 17.7 Å². The first-order chi connectivity index (χ1) is 12.8. The summed E-state index contributed by atoms with van der Waals surface area (Å²) in [6.45, 7) is 0.340. The van der Waals surface area contributed by atoms with E-state index in [0.29, 0.717) is 0 Å². The maximum Gasteiger partial charge on any atom is 0.328 e. The van der Waals surface area contributed by atoms with Gasteiger partial charge in [-0.05, 0) is 12.5 Å². The third-order valence-corrected chi connectivity index (χ3v) is 3.67. The predicted molar refractivity (Wildman–Crippen MR) is 95.4 cm³/mol. The summed E-state index contributed by atoms with van der Waals surface area (Å²) in [6, 6.07) is 5.23. The van der Waals surface area contributed by atoms with Crippen LogP contribution in [0.3, 0.4) is 0 Å². The number of carbonyl (C=O) groups is 4. The number of hydrogen-bond donors (Lipinski definition) is 6. The van der Waals surface area contributed by atoms with E-state index < -0.39 is 48.4 Å². The molecule has 0 bridgehead atoms. The summed E-state index contributed by atoms with van der Waals surface area (Å²) >= 11 is 0. The number of carboxylic acid groups (broad SMARTS) is 1. The lowest BCUT2D eigenvalue weighted by Gasteiger charge is -2.22. The molecule has 0 spiro atoms. The van der Waals surface area contributed by atoms with E-state index >= 15 is 0 Å². The number of aliphatic hydroxyl groups excluding tert-OH is 1. The molecule has 0 radical (unpaired) electrons. The monoisotopic (exact) mass is 380 g/mol. The summed E-state index contributed by atoms with van der Waals surface area (Å²) in [5.41, 5.74) is 5.91. The Hall–Kier alpha value is -2.98. The van der Waals surface area contributed by atoms with Gasteiger partial charge in [0.25, 0.3) is 0 Å². The lowest BCUT2D eigenvalue weighted by Crippen LogP contribution is -2.56. The van der Waals surface area contributed by atoms with Crippen molar-refractivity contribution < 1.29 is 29.4 Å². The normalized spacial score (nSPS) is 13.7. The molecule has 1 aromatic rings. The topological polar surface area (TPSA) is 171 Å². The zero-order valence-corrected chi connectivity index (χ0v) is 14.8. The Morgan fingerprint density at radius 2 is 1.59 bits per heavy atom. The zero-order valence-electron chi connectivity index (χ0n) is 14.8. The highest BCUT2D eigenvalue weighted by molar-refractivity contribution is 5.93. The van der Waals surface area contributed by atoms with E-state index in [2.05, 4.69) is 16.0 Å². The molecule has 0 saturated heterocycles. The molecule has 1 rings (SSSR count). The van der Waals surface area contributed by atoms with Crippen molar-refractivity contribution in [2.45, 2.75) is 31.5 Å². The number of amides is 3. The molecule has 0 aliphatic rings. The Morgan fingerprint density at radius 1 is 1.00 bits per heavy atom. The molecule has 3 unspecified atom stereocenters. The molecule has 0 heterocycles. The molecule has 0 aromatic heterocycles. The van der Waals surface area contributed by atoms with Gasteiger partial charge < -0.3 is 31.9 Å². The van der Waals surface area contributed by atoms with Crippen LogP contribution in [0.25, 0.3) is 0 Å². The van der Waals surface area contributed by atoms with Crippen LogP contribution in [0.15, 0.2) is 30.3 Å². The molecule has 1 aromatic carbocycles. The third-order valence-electron chi connectivity index (χ3n) is 3.67. The van der Waals surface area contributed by atoms with E-state index in [-0.39, 0.29) is 13.0 Å². The van der Waals surface area contributed by atoms with Crippen LogP contribution in [0.4, 0.5) is 0 Å². The van der Waals surface area contributed by atoms with Gasteiger partial charge in [-0.1, -0.05) is 30.3 Å². The van der Waals surface area contributed by atoms with Gasteiger partial charge in [-0.25, -0.2) is 4.79 Å². The molecular weight excluding hydrogens is 356 g/mol. The SMILES string of the molecule is CC(NC(=O)CN)C(=O)NC(Cc1ccccc1)C(=O)NC(CO)C(=O)O. The van der Waals surface area contributed by atoms with Gasteiger partial charge in [-0.2, -0.15) is 0 Å². The van der Waals surface area contributed by atoms with Gasteiger partial charge in [-0.15, -0.1) is 0 Å². The van der Waals surface area contributed by atoms with Crippen LogP contribution in [0.1, 0.15) is 12.5 Å². The summed E-state index contributed by atoms with van der Waals surface area (Å²) in [4.78, 5) is 47.0. The Bertz CT molecular complexity index is 667. The van der Waals surface area contributed by atoms with Crippen molar-refractivity contribution in [1.82, 2.24) is 16.0 Å². The second-order valence-electron chi connectivity index (χ2n) is 5.83. The molecule has 0 fully saturated rings. The maximum atomic E-state index is 12.5. The number of aliphatic hydroxyl groups is 1. The Kier molecular flexibility index (Phi) is 8.90. The van der Waals surface area contributed by atoms with Gasteiger partial charge in [-0.3, -0.25) is 14.4 Å². The van der Waals surface area contributed by atoms with Crippen LogP contribution in [0.2, 0.25) is 0 Å². The molecular formula is C17H24N4O6. The van der Waals surface area contributed by atoms with Crippen LogP contribution in [-0.2, 0) is 25.6 Å². The van der Waals surface area contributed by atoms with E-state index in [4.69, 9.17) is 15.9 Å². The summed E-state index contributed by atoms with van der Waals surface area (Å²) < 4.78 is 0. The second kappa shape index (κ2) is 10.9. The van der Waals surface area contributed by atoms with Crippen molar-refractivity contribution in [2.75, 3.05) is 13.2 Å². The number of aliphatic carboxylic acids is 1. The second-order valence-corrected chi connectivity index (χ2v) is 5.83. The fourth-order valence-corrected chi connectivity index (χ4v) is 2.18. The molecule has 0 saturated carbocycles. The van der Waals surface area contributed by atoms with E-state index in [0.717, 1.165) is 5.56 Å². The molecule has 3 amide bonds. The van der Waals surface area contributed by atoms with E-state index in [1.54, 1.807) is 30.3 Å². The van der Waals surface area contributed by atoms with Crippen LogP contribution in [0, 0.1) is 0 Å². The lowest BCUT2D eigenvalue weighted by atomic mass is 10.0. The molecule has 148 valence electrons. The van der Waals surface area contributed by atoms with Crippen molar-refractivity contribution >= 4 is 23.7 Å². The van der Waals surface area contributed by atoms with Crippen molar-refractivity contribution in [1.29, 1.82) is 0 Å². The Labute approximate surface area is 156 Å². The minimum absolute atomic E-state index is 0.0910. The Balaban J connectivity index is 2.89. The molecule has 10 heteroatoms. The van der Waals surface area contributed by atoms with E-state index in [1.165, 1.54) is 6.92 Å². The number of benzene rings is 1. The van der Waals surface area contributed by atoms with Gasteiger partial charge in [0, 0.05) is 6.42 Å². The molecule has 0 aliphatic heterocycles. The first kappa shape index (κ1) is 22.1. The molecule has 7 N–H and O–H groups in total. The Morgan fingerprint density at radius 3 is 2.11 bits per heavy atom. The van der Waals surface area contributed by atoms with Crippen LogP contribution in [-0.4, -0.2) is 65.2 Å². The summed E-state index contributed by atoms with van der Waals surface area (Å²) in [5, 5.41) is 25.1. The van der Waals surface area contributed by atoms with Crippen LogP contribution in [0.5, 0.6) is 0 Å². The number of hydrogen-bond acceptors (Lipinski definition) is 6. The van der Waals surface area contributed by atoms with Crippen LogP contribution >= 0.6 is 0 Å². The quantitative estimate of drug-likeness (QED) is 0.266. The fraction of sp³-hybridized carbons (Fsp3) is 0.412. The van der Waals surface area contributed by atoms with Crippen molar-refractivity contribution in [3.8, 4) is 0 Å². The lowest BCUT2D eigenvalue weighted by molar-refractivity contribution is -0.143. The van der Waals surface area contributed by atoms with Gasteiger partial charge in [0.05, 0.1) is 13.2 Å². The number of carboxylic acids is 1. The molecule has 27 heavy (non-hydrogen) atoms. The number of rotatable bonds is 10. The van der Waals surface area contributed by atoms with Crippen molar-refractivity contribution in [3.63, 3.8) is 0 Å². The first-order valence-electron chi connectivity index (χ1n) is 8.26. The number of carbonyl (C=O) groups excluding carboxylic acids is 3. The smallest absolute Gasteiger partial charge is 0.328 e. The fourth-order valence-electron chi connectivity index (χ4n) is 2.18. The largest absolute Gasteiger partial charge is 0.480 e. The standard InChI is InChI=1S/C17H24N4O6/c1-10(19-14(23)8-18)15(24)20-12(7-11-5-3-2-4-6-11)16(25)21-13(9-22)17(26)27/h2-6,10,12-13,22H,7-9,18H2,1H3,(H,19,23)(H,20,24)(H,21,25)(H,26,27). The minimum Gasteiger partial charge on any atom is -0.480 e. The average Bonchev–Trinajstić information content (AvgIpc) is 2.65. The average molecular weight is 380 g/mol. The maximum absolute atomic E-state index is 12.5. The van der Waals surface area contributed by atoms with E-state index in [1.807, 2.05) is 0 Å². The highest BCUT2D eigenvalue weighted by Crippen LogP contribution is 2.04. The van der Waals surface area contributed by atoms with Gasteiger partial charge in [0.15, 0.2) is 0 Å². The minimum atomic E-state index is -1.50. The van der Waals surface area contributed by atoms with Gasteiger partial charge in [0.1, 0.15) is 18.1 Å². The van der Waals surface area contributed by atoms with Gasteiger partial charge >= 0.3 is 5.97 Å². The van der Waals surface area contributed by atoms with E-state index in [9.17, 15) is 19.2 Å². The van der Waals surface area contributed by atoms with Crippen molar-refractivity contribution in [3.05, 3.63) is 35.9 Å². The zero-order chi connectivity index (χ0) is 20.4. The highest BCUT2D eigenvalue weighted by atomic mass is 16.4. The predicted octanol–water partition coefficient (Wildman–Crippen LogP) is -2.26. The third kappa shape index (κ3) is 7.42. The number of nitrogens with one attached hydrogen (secondary N) is 3.